The summed E-state index contributed by atoms with van der Waals surface area (Å²) in [6, 6.07) is 7.36. The van der Waals surface area contributed by atoms with E-state index in [4.69, 9.17) is 9.47 Å². The van der Waals surface area contributed by atoms with Gasteiger partial charge in [0, 0.05) is 13.6 Å². The number of para-hydroxylation sites is 1. The minimum atomic E-state index is -0.363. The van der Waals surface area contributed by atoms with Gasteiger partial charge in [-0.05, 0) is 25.6 Å². The van der Waals surface area contributed by atoms with Crippen LogP contribution in [0.1, 0.15) is 5.56 Å². The Labute approximate surface area is 147 Å². The maximum atomic E-state index is 12.3. The zero-order chi connectivity index (χ0) is 18.0. The number of carbonyl (C=O) groups excluding carboxylic acids is 2. The van der Waals surface area contributed by atoms with Crippen LogP contribution >= 0.6 is 0 Å². The molecule has 2 heterocycles. The van der Waals surface area contributed by atoms with Gasteiger partial charge in [0.05, 0.1) is 19.7 Å². The minimum Gasteiger partial charge on any atom is -0.484 e. The monoisotopic (exact) mass is 347 g/mol. The smallest absolute Gasteiger partial charge is 0.260 e. The number of morpholine rings is 1. The van der Waals surface area contributed by atoms with Crippen LogP contribution in [-0.4, -0.2) is 80.2 Å². The Bertz CT molecular complexity index is 657. The van der Waals surface area contributed by atoms with Gasteiger partial charge < -0.3 is 19.7 Å². The highest BCUT2D eigenvalue weighted by molar-refractivity contribution is 5.82. The Morgan fingerprint density at radius 2 is 2.04 bits per heavy atom. The van der Waals surface area contributed by atoms with Crippen molar-refractivity contribution in [1.82, 2.24) is 15.1 Å². The number of hydrogen-bond donors (Lipinski definition) is 1. The molecular formula is C18H25N3O4. The minimum absolute atomic E-state index is 0.0254. The molecule has 1 aromatic carbocycles. The van der Waals surface area contributed by atoms with Gasteiger partial charge >= 0.3 is 0 Å². The molecule has 2 saturated heterocycles. The standard InChI is InChI=1S/C18H25N3O4/c1-13-6-4-5-7-15(13)24-9-16(22)21-11-18(12-21)10-20(3)14(8-25-18)17(23)19-2/h4-7,14H,8-12H2,1-3H3,(H,19,23). The first kappa shape index (κ1) is 17.7. The maximum absolute atomic E-state index is 12.3. The molecule has 2 amide bonds. The molecule has 0 radical (unpaired) electrons. The van der Waals surface area contributed by atoms with Crippen molar-refractivity contribution in [3.63, 3.8) is 0 Å². The molecule has 0 aromatic heterocycles. The Morgan fingerprint density at radius 3 is 2.68 bits per heavy atom. The predicted molar refractivity (Wildman–Crippen MR) is 92.4 cm³/mol. The predicted octanol–water partition coefficient (Wildman–Crippen LogP) is 0.0314. The average molecular weight is 347 g/mol. The number of ether oxygens (including phenoxy) is 2. The van der Waals surface area contributed by atoms with Crippen LogP contribution in [0.25, 0.3) is 0 Å². The largest absolute Gasteiger partial charge is 0.484 e. The summed E-state index contributed by atoms with van der Waals surface area (Å²) in [5.74, 6) is 0.637. The maximum Gasteiger partial charge on any atom is 0.260 e. The van der Waals surface area contributed by atoms with Crippen LogP contribution in [0.15, 0.2) is 24.3 Å². The van der Waals surface area contributed by atoms with E-state index >= 15 is 0 Å². The molecule has 0 bridgehead atoms. The molecule has 1 aromatic rings. The van der Waals surface area contributed by atoms with Crippen molar-refractivity contribution in [3.8, 4) is 5.75 Å². The average Bonchev–Trinajstić information content (AvgIpc) is 2.58. The van der Waals surface area contributed by atoms with Crippen LogP contribution in [-0.2, 0) is 14.3 Å². The van der Waals surface area contributed by atoms with Crippen molar-refractivity contribution in [2.75, 3.05) is 46.9 Å². The second-order valence-electron chi connectivity index (χ2n) is 6.84. The fraction of sp³-hybridized carbons (Fsp3) is 0.556. The molecule has 136 valence electrons. The number of hydrogen-bond acceptors (Lipinski definition) is 5. The number of likely N-dealkylation sites (tertiary alicyclic amines) is 1. The Morgan fingerprint density at radius 1 is 1.32 bits per heavy atom. The molecular weight excluding hydrogens is 322 g/mol. The van der Waals surface area contributed by atoms with Gasteiger partial charge in [0.25, 0.3) is 5.91 Å². The van der Waals surface area contributed by atoms with Crippen molar-refractivity contribution in [2.24, 2.45) is 0 Å². The van der Waals surface area contributed by atoms with Gasteiger partial charge in [-0.1, -0.05) is 18.2 Å². The molecule has 2 aliphatic heterocycles. The van der Waals surface area contributed by atoms with Crippen LogP contribution in [0, 0.1) is 6.92 Å². The summed E-state index contributed by atoms with van der Waals surface area (Å²) >= 11 is 0. The van der Waals surface area contributed by atoms with E-state index in [0.29, 0.717) is 26.2 Å². The Hall–Kier alpha value is -2.12. The molecule has 2 fully saturated rings. The molecule has 1 atom stereocenters. The number of nitrogens with one attached hydrogen (secondary N) is 1. The lowest BCUT2D eigenvalue weighted by Crippen LogP contribution is -2.73. The van der Waals surface area contributed by atoms with Crippen LogP contribution in [0.4, 0.5) is 0 Å². The van der Waals surface area contributed by atoms with Crippen LogP contribution in [0.5, 0.6) is 5.75 Å². The first-order valence-corrected chi connectivity index (χ1v) is 8.46. The number of rotatable bonds is 4. The molecule has 1 spiro atoms. The molecule has 0 saturated carbocycles. The SMILES string of the molecule is CNC(=O)C1COC2(CN(C(=O)COc3ccccc3C)C2)CN1C. The zero-order valence-electron chi connectivity index (χ0n) is 14.9. The van der Waals surface area contributed by atoms with Gasteiger partial charge in [-0.3, -0.25) is 14.5 Å². The fourth-order valence-electron chi connectivity index (χ4n) is 3.40. The summed E-state index contributed by atoms with van der Waals surface area (Å²) < 4.78 is 11.6. The van der Waals surface area contributed by atoms with E-state index in [1.165, 1.54) is 0 Å². The van der Waals surface area contributed by atoms with Crippen LogP contribution in [0.3, 0.4) is 0 Å². The van der Waals surface area contributed by atoms with Gasteiger partial charge in [0.15, 0.2) is 6.61 Å². The lowest BCUT2D eigenvalue weighted by Gasteiger charge is -2.54. The van der Waals surface area contributed by atoms with Crippen LogP contribution in [0.2, 0.25) is 0 Å². The highest BCUT2D eigenvalue weighted by Gasteiger charge is 2.51. The molecule has 25 heavy (non-hydrogen) atoms. The number of nitrogens with zero attached hydrogens (tertiary/aromatic N) is 2. The lowest BCUT2D eigenvalue weighted by atomic mass is 9.90. The molecule has 7 heteroatoms. The Kier molecular flexibility index (Phi) is 4.96. The van der Waals surface area contributed by atoms with Gasteiger partial charge in [-0.15, -0.1) is 0 Å². The summed E-state index contributed by atoms with van der Waals surface area (Å²) in [6.07, 6.45) is 0. The molecule has 1 N–H and O–H groups in total. The number of aryl methyl sites for hydroxylation is 1. The summed E-state index contributed by atoms with van der Waals surface area (Å²) in [5, 5.41) is 2.65. The summed E-state index contributed by atoms with van der Waals surface area (Å²) in [4.78, 5) is 27.8. The third-order valence-electron chi connectivity index (χ3n) is 4.92. The third kappa shape index (κ3) is 3.62. The van der Waals surface area contributed by atoms with E-state index in [9.17, 15) is 9.59 Å². The summed E-state index contributed by atoms with van der Waals surface area (Å²) in [5.41, 5.74) is 0.644. The second-order valence-corrected chi connectivity index (χ2v) is 6.84. The summed E-state index contributed by atoms with van der Waals surface area (Å²) in [6.45, 7) is 4.03. The van der Waals surface area contributed by atoms with Crippen LogP contribution < -0.4 is 10.1 Å². The third-order valence-corrected chi connectivity index (χ3v) is 4.92. The molecule has 2 aliphatic rings. The van der Waals surface area contributed by atoms with E-state index in [0.717, 1.165) is 11.3 Å². The van der Waals surface area contributed by atoms with Crippen molar-refractivity contribution in [3.05, 3.63) is 29.8 Å². The molecule has 3 rings (SSSR count). The zero-order valence-corrected chi connectivity index (χ0v) is 14.9. The fourth-order valence-corrected chi connectivity index (χ4v) is 3.40. The van der Waals surface area contributed by atoms with E-state index in [-0.39, 0.29) is 30.1 Å². The highest BCUT2D eigenvalue weighted by atomic mass is 16.5. The lowest BCUT2D eigenvalue weighted by molar-refractivity contribution is -0.201. The number of amides is 2. The molecule has 0 aliphatic carbocycles. The van der Waals surface area contributed by atoms with E-state index in [2.05, 4.69) is 5.32 Å². The number of benzene rings is 1. The molecule has 7 nitrogen and oxygen atoms in total. The summed E-state index contributed by atoms with van der Waals surface area (Å²) in [7, 11) is 3.54. The van der Waals surface area contributed by atoms with Crippen molar-refractivity contribution >= 4 is 11.8 Å². The highest BCUT2D eigenvalue weighted by Crippen LogP contribution is 2.30. The normalized spacial score (nSPS) is 22.4. The van der Waals surface area contributed by atoms with Crippen molar-refractivity contribution in [1.29, 1.82) is 0 Å². The van der Waals surface area contributed by atoms with Gasteiger partial charge in [0.2, 0.25) is 5.91 Å². The van der Waals surface area contributed by atoms with E-state index < -0.39 is 0 Å². The number of likely N-dealkylation sites (N-methyl/N-ethyl adjacent to an activating group) is 2. The van der Waals surface area contributed by atoms with E-state index in [1.807, 2.05) is 43.1 Å². The van der Waals surface area contributed by atoms with Crippen molar-refractivity contribution < 1.29 is 19.1 Å². The Balaban J connectivity index is 1.48. The van der Waals surface area contributed by atoms with Crippen molar-refractivity contribution in [2.45, 2.75) is 18.6 Å². The topological polar surface area (TPSA) is 71.1 Å². The van der Waals surface area contributed by atoms with Gasteiger partial charge in [-0.25, -0.2) is 0 Å². The quantitative estimate of drug-likeness (QED) is 0.832. The second kappa shape index (κ2) is 7.01. The van der Waals surface area contributed by atoms with Gasteiger partial charge in [0.1, 0.15) is 17.4 Å². The van der Waals surface area contributed by atoms with Gasteiger partial charge in [-0.2, -0.15) is 0 Å². The number of carbonyl (C=O) groups is 2. The first-order valence-electron chi connectivity index (χ1n) is 8.46. The first-order chi connectivity index (χ1) is 11.9. The van der Waals surface area contributed by atoms with E-state index in [1.54, 1.807) is 11.9 Å². The molecule has 1 unspecified atom stereocenters.